The van der Waals surface area contributed by atoms with E-state index in [-0.39, 0.29) is 34.9 Å². The summed E-state index contributed by atoms with van der Waals surface area (Å²) < 4.78 is 25.5. The van der Waals surface area contributed by atoms with Gasteiger partial charge in [0, 0.05) is 5.56 Å². The lowest BCUT2D eigenvalue weighted by Gasteiger charge is -2.26. The number of carboxylic acids is 1. The van der Waals surface area contributed by atoms with Gasteiger partial charge in [0.1, 0.15) is 18.0 Å². The number of ether oxygens (including phenoxy) is 2. The Morgan fingerprint density at radius 2 is 1.81 bits per heavy atom. The first-order valence-corrected chi connectivity index (χ1v) is 11.5. The van der Waals surface area contributed by atoms with Gasteiger partial charge in [0.2, 0.25) is 0 Å². The summed E-state index contributed by atoms with van der Waals surface area (Å²) in [5.74, 6) is -2.86. The Morgan fingerprint density at radius 1 is 1.11 bits per heavy atom. The fourth-order valence-corrected chi connectivity index (χ4v) is 4.11. The van der Waals surface area contributed by atoms with Crippen LogP contribution in [0.2, 0.25) is 0 Å². The summed E-state index contributed by atoms with van der Waals surface area (Å²) in [6, 6.07) is 13.3. The number of hydrogen-bond acceptors (Lipinski definition) is 6. The zero-order valence-corrected chi connectivity index (χ0v) is 20.7. The number of carboxylic acid groups (broad SMARTS) is 1. The standard InChI is InChI=1S/C26H18BrFN2O7/c1-36-21-12-14(11-19(27)22(21)37-13-16-4-2-3-5-20(16)28)10-18-23(31)29-26(35)30(24(18)32)17-8-6-15(7-9-17)25(33)34/h2-12H,13H2,1H3,(H,33,34)(H,29,31,35)/b18-10+. The van der Waals surface area contributed by atoms with Crippen molar-refractivity contribution in [2.75, 3.05) is 12.0 Å². The van der Waals surface area contributed by atoms with Gasteiger partial charge in [0.05, 0.1) is 22.8 Å². The number of carbonyl (C=O) groups is 4. The van der Waals surface area contributed by atoms with E-state index in [0.29, 0.717) is 15.6 Å². The number of amides is 4. The summed E-state index contributed by atoms with van der Waals surface area (Å²) in [7, 11) is 1.40. The lowest BCUT2D eigenvalue weighted by Crippen LogP contribution is -2.54. The molecule has 2 N–H and O–H groups in total. The smallest absolute Gasteiger partial charge is 0.335 e. The van der Waals surface area contributed by atoms with Crippen molar-refractivity contribution >= 4 is 51.5 Å². The molecule has 3 aromatic carbocycles. The van der Waals surface area contributed by atoms with Crippen molar-refractivity contribution in [3.8, 4) is 11.5 Å². The maximum atomic E-state index is 14.0. The Bertz CT molecular complexity index is 1450. The minimum atomic E-state index is -1.17. The lowest BCUT2D eigenvalue weighted by molar-refractivity contribution is -0.122. The van der Waals surface area contributed by atoms with Crippen molar-refractivity contribution in [3.05, 3.63) is 93.2 Å². The number of hydrogen-bond donors (Lipinski definition) is 2. The molecule has 4 rings (SSSR count). The van der Waals surface area contributed by atoms with Crippen molar-refractivity contribution in [2.24, 2.45) is 0 Å². The molecule has 1 fully saturated rings. The van der Waals surface area contributed by atoms with Crippen LogP contribution in [-0.4, -0.2) is 36.0 Å². The minimum Gasteiger partial charge on any atom is -0.493 e. The number of methoxy groups -OCH3 is 1. The summed E-state index contributed by atoms with van der Waals surface area (Å²) in [4.78, 5) is 49.9. The van der Waals surface area contributed by atoms with E-state index in [1.807, 2.05) is 0 Å². The second kappa shape index (κ2) is 10.6. The van der Waals surface area contributed by atoms with E-state index in [0.717, 1.165) is 4.90 Å². The number of rotatable bonds is 7. The summed E-state index contributed by atoms with van der Waals surface area (Å²) >= 11 is 3.38. The molecule has 4 amide bonds. The highest BCUT2D eigenvalue weighted by Crippen LogP contribution is 2.38. The van der Waals surface area contributed by atoms with Gasteiger partial charge in [-0.15, -0.1) is 0 Å². The van der Waals surface area contributed by atoms with E-state index in [1.54, 1.807) is 24.3 Å². The molecule has 0 atom stereocenters. The van der Waals surface area contributed by atoms with E-state index in [1.165, 1.54) is 49.6 Å². The molecule has 3 aromatic rings. The van der Waals surface area contributed by atoms with Crippen LogP contribution in [0.1, 0.15) is 21.5 Å². The van der Waals surface area contributed by atoms with Crippen molar-refractivity contribution in [3.63, 3.8) is 0 Å². The number of nitrogens with one attached hydrogen (secondary N) is 1. The molecule has 0 unspecified atom stereocenters. The van der Waals surface area contributed by atoms with Gasteiger partial charge in [-0.2, -0.15) is 0 Å². The minimum absolute atomic E-state index is 0.0327. The molecule has 188 valence electrons. The Morgan fingerprint density at radius 3 is 2.46 bits per heavy atom. The first-order chi connectivity index (χ1) is 17.7. The van der Waals surface area contributed by atoms with Gasteiger partial charge in [0.25, 0.3) is 11.8 Å². The van der Waals surface area contributed by atoms with Crippen LogP contribution in [0.4, 0.5) is 14.9 Å². The fourth-order valence-electron chi connectivity index (χ4n) is 3.54. The van der Waals surface area contributed by atoms with Gasteiger partial charge >= 0.3 is 12.0 Å². The topological polar surface area (TPSA) is 122 Å². The van der Waals surface area contributed by atoms with Crippen LogP contribution in [0.25, 0.3) is 6.08 Å². The number of imide groups is 2. The van der Waals surface area contributed by atoms with Crippen LogP contribution >= 0.6 is 15.9 Å². The zero-order chi connectivity index (χ0) is 26.7. The highest BCUT2D eigenvalue weighted by Gasteiger charge is 2.37. The maximum absolute atomic E-state index is 14.0. The average Bonchev–Trinajstić information content (AvgIpc) is 2.86. The van der Waals surface area contributed by atoms with Crippen molar-refractivity contribution < 1.29 is 38.1 Å². The van der Waals surface area contributed by atoms with Crippen molar-refractivity contribution in [1.82, 2.24) is 5.32 Å². The van der Waals surface area contributed by atoms with E-state index in [2.05, 4.69) is 21.2 Å². The molecule has 0 radical (unpaired) electrons. The lowest BCUT2D eigenvalue weighted by atomic mass is 10.1. The van der Waals surface area contributed by atoms with Gasteiger partial charge in [-0.3, -0.25) is 14.9 Å². The van der Waals surface area contributed by atoms with Gasteiger partial charge in [-0.25, -0.2) is 18.9 Å². The van der Waals surface area contributed by atoms with Gasteiger partial charge in [-0.05, 0) is 70.0 Å². The summed E-state index contributed by atoms with van der Waals surface area (Å²) in [5, 5.41) is 11.2. The number of benzene rings is 3. The number of halogens is 2. The highest BCUT2D eigenvalue weighted by molar-refractivity contribution is 9.10. The number of barbiturate groups is 1. The maximum Gasteiger partial charge on any atom is 0.335 e. The Balaban J connectivity index is 1.64. The molecule has 1 saturated heterocycles. The summed E-state index contributed by atoms with van der Waals surface area (Å²) in [6.45, 7) is -0.0687. The number of carbonyl (C=O) groups excluding carboxylic acids is 3. The Labute approximate surface area is 218 Å². The van der Waals surface area contributed by atoms with Crippen molar-refractivity contribution in [1.29, 1.82) is 0 Å². The summed E-state index contributed by atoms with van der Waals surface area (Å²) in [5.41, 5.74) is 0.427. The molecule has 37 heavy (non-hydrogen) atoms. The number of urea groups is 1. The predicted molar refractivity (Wildman–Crippen MR) is 134 cm³/mol. The number of nitrogens with zero attached hydrogens (tertiary/aromatic N) is 1. The zero-order valence-electron chi connectivity index (χ0n) is 19.2. The Kier molecular flexibility index (Phi) is 7.35. The molecule has 0 saturated carbocycles. The molecule has 0 spiro atoms. The molecular weight excluding hydrogens is 551 g/mol. The monoisotopic (exact) mass is 568 g/mol. The molecule has 0 bridgehead atoms. The largest absolute Gasteiger partial charge is 0.493 e. The first kappa shape index (κ1) is 25.6. The fraction of sp³-hybridized carbons (Fsp3) is 0.0769. The molecule has 1 aliphatic rings. The van der Waals surface area contributed by atoms with Crippen LogP contribution in [0.3, 0.4) is 0 Å². The van der Waals surface area contributed by atoms with Gasteiger partial charge in [-0.1, -0.05) is 18.2 Å². The quantitative estimate of drug-likeness (QED) is 0.317. The SMILES string of the molecule is COc1cc(/C=C2\C(=O)NC(=O)N(c3ccc(C(=O)O)cc3)C2=O)cc(Br)c1OCc1ccccc1F. The molecule has 0 aromatic heterocycles. The van der Waals surface area contributed by atoms with Crippen LogP contribution in [0, 0.1) is 5.82 Å². The van der Waals surface area contributed by atoms with Crippen LogP contribution in [0.15, 0.2) is 70.7 Å². The number of anilines is 1. The molecule has 0 aliphatic carbocycles. The van der Waals surface area contributed by atoms with Crippen LogP contribution < -0.4 is 19.7 Å². The van der Waals surface area contributed by atoms with Gasteiger partial charge < -0.3 is 14.6 Å². The summed E-state index contributed by atoms with van der Waals surface area (Å²) in [6.07, 6.45) is 1.27. The third kappa shape index (κ3) is 5.36. The highest BCUT2D eigenvalue weighted by atomic mass is 79.9. The second-order valence-electron chi connectivity index (χ2n) is 7.72. The molecular formula is C26H18BrFN2O7. The predicted octanol–water partition coefficient (Wildman–Crippen LogP) is 4.54. The normalized spacial score (nSPS) is 14.5. The van der Waals surface area contributed by atoms with E-state index >= 15 is 0 Å². The molecule has 1 aliphatic heterocycles. The average molecular weight is 569 g/mol. The second-order valence-corrected chi connectivity index (χ2v) is 8.58. The van der Waals surface area contributed by atoms with Crippen molar-refractivity contribution in [2.45, 2.75) is 6.61 Å². The van der Waals surface area contributed by atoms with Crippen LogP contribution in [0.5, 0.6) is 11.5 Å². The van der Waals surface area contributed by atoms with E-state index < -0.39 is 29.6 Å². The Hall–Kier alpha value is -4.51. The third-order valence-corrected chi connectivity index (χ3v) is 5.96. The van der Waals surface area contributed by atoms with E-state index in [4.69, 9.17) is 14.6 Å². The van der Waals surface area contributed by atoms with Gasteiger partial charge in [0.15, 0.2) is 11.5 Å². The number of aromatic carboxylic acids is 1. The molecule has 9 nitrogen and oxygen atoms in total. The van der Waals surface area contributed by atoms with E-state index in [9.17, 15) is 23.6 Å². The molecule has 11 heteroatoms. The molecule has 1 heterocycles. The van der Waals surface area contributed by atoms with Crippen LogP contribution in [-0.2, 0) is 16.2 Å². The third-order valence-electron chi connectivity index (χ3n) is 5.37. The first-order valence-electron chi connectivity index (χ1n) is 10.7.